The van der Waals surface area contributed by atoms with Gasteiger partial charge in [0.25, 0.3) is 5.91 Å². The van der Waals surface area contributed by atoms with Crippen LogP contribution in [-0.2, 0) is 9.53 Å². The van der Waals surface area contributed by atoms with Crippen LogP contribution in [0.15, 0.2) is 30.3 Å². The summed E-state index contributed by atoms with van der Waals surface area (Å²) in [6, 6.07) is 9.40. The third-order valence-electron chi connectivity index (χ3n) is 3.51. The van der Waals surface area contributed by atoms with Gasteiger partial charge in [-0.25, -0.2) is 0 Å². The summed E-state index contributed by atoms with van der Waals surface area (Å²) in [5, 5.41) is 12.1. The van der Waals surface area contributed by atoms with E-state index < -0.39 is 6.10 Å². The molecule has 1 saturated carbocycles. The van der Waals surface area contributed by atoms with E-state index in [1.165, 1.54) is 7.11 Å². The highest BCUT2D eigenvalue weighted by Gasteiger charge is 2.42. The molecule has 1 aromatic rings. The monoisotopic (exact) mass is 249 g/mol. The van der Waals surface area contributed by atoms with E-state index in [-0.39, 0.29) is 17.9 Å². The molecule has 0 aromatic heterocycles. The average molecular weight is 249 g/mol. The predicted molar refractivity (Wildman–Crippen MR) is 68.0 cm³/mol. The Labute approximate surface area is 107 Å². The number of rotatable bonds is 6. The van der Waals surface area contributed by atoms with Crippen LogP contribution in [0.2, 0.25) is 0 Å². The largest absolute Gasteiger partial charge is 0.396 e. The molecule has 1 aromatic carbocycles. The second-order valence-electron chi connectivity index (χ2n) is 4.90. The average Bonchev–Trinajstić information content (AvgIpc) is 3.19. The third-order valence-corrected chi connectivity index (χ3v) is 3.51. The molecular formula is C14H19NO3. The molecule has 1 aliphatic carbocycles. The number of carbonyl (C=O) groups excluding carboxylic acids is 1. The first kappa shape index (κ1) is 13.1. The number of ether oxygens (including phenoxy) is 1. The zero-order chi connectivity index (χ0) is 13.0. The summed E-state index contributed by atoms with van der Waals surface area (Å²) in [7, 11) is 1.52. The lowest BCUT2D eigenvalue weighted by molar-refractivity contribution is -0.131. The highest BCUT2D eigenvalue weighted by atomic mass is 16.5. The number of hydrogen-bond donors (Lipinski definition) is 2. The van der Waals surface area contributed by atoms with Crippen molar-refractivity contribution in [1.82, 2.24) is 5.32 Å². The summed E-state index contributed by atoms with van der Waals surface area (Å²) in [5.74, 6) is -0.150. The highest BCUT2D eigenvalue weighted by Crippen LogP contribution is 2.44. The minimum Gasteiger partial charge on any atom is -0.396 e. The van der Waals surface area contributed by atoms with Crippen LogP contribution in [-0.4, -0.2) is 31.3 Å². The molecule has 0 aliphatic heterocycles. The molecular weight excluding hydrogens is 230 g/mol. The van der Waals surface area contributed by atoms with Gasteiger partial charge in [-0.1, -0.05) is 30.3 Å². The molecule has 2 N–H and O–H groups in total. The number of carbonyl (C=O) groups is 1. The smallest absolute Gasteiger partial charge is 0.253 e. The number of aliphatic hydroxyl groups excluding tert-OH is 1. The Bertz CT molecular complexity index is 401. The fourth-order valence-electron chi connectivity index (χ4n) is 1.96. The summed E-state index contributed by atoms with van der Waals surface area (Å²) < 4.78 is 5.24. The number of benzene rings is 1. The molecule has 0 saturated heterocycles. The summed E-state index contributed by atoms with van der Waals surface area (Å²) in [4.78, 5) is 12.0. The van der Waals surface area contributed by atoms with Crippen LogP contribution in [0.5, 0.6) is 0 Å². The summed E-state index contributed by atoms with van der Waals surface area (Å²) in [5.41, 5.74) is 0.760. The lowest BCUT2D eigenvalue weighted by Gasteiger charge is -2.18. The molecule has 4 nitrogen and oxygen atoms in total. The fourth-order valence-corrected chi connectivity index (χ4v) is 1.96. The summed E-state index contributed by atoms with van der Waals surface area (Å²) in [6.45, 7) is 0.658. The predicted octanol–water partition coefficient (Wildman–Crippen LogP) is 1.26. The van der Waals surface area contributed by atoms with Crippen molar-refractivity contribution in [2.24, 2.45) is 5.41 Å². The van der Waals surface area contributed by atoms with Crippen LogP contribution in [0.4, 0.5) is 0 Å². The van der Waals surface area contributed by atoms with Crippen LogP contribution < -0.4 is 5.32 Å². The van der Waals surface area contributed by atoms with Crippen molar-refractivity contribution in [2.75, 3.05) is 20.3 Å². The molecule has 0 unspecified atom stereocenters. The number of nitrogens with one attached hydrogen (secondary N) is 1. The Hall–Kier alpha value is -1.39. The van der Waals surface area contributed by atoms with E-state index in [1.807, 2.05) is 30.3 Å². The molecule has 0 bridgehead atoms. The maximum atomic E-state index is 12.0. The molecule has 1 atom stereocenters. The number of aliphatic hydroxyl groups is 1. The van der Waals surface area contributed by atoms with Gasteiger partial charge in [0, 0.05) is 19.1 Å². The van der Waals surface area contributed by atoms with Gasteiger partial charge in [0.1, 0.15) is 0 Å². The van der Waals surface area contributed by atoms with E-state index in [9.17, 15) is 9.90 Å². The fraction of sp³-hybridized carbons (Fsp3) is 0.500. The first-order valence-electron chi connectivity index (χ1n) is 6.17. The van der Waals surface area contributed by atoms with Crippen LogP contribution >= 0.6 is 0 Å². The molecule has 0 spiro atoms. The number of hydrogen-bond acceptors (Lipinski definition) is 3. The van der Waals surface area contributed by atoms with Gasteiger partial charge in [0.05, 0.1) is 6.61 Å². The van der Waals surface area contributed by atoms with Gasteiger partial charge in [-0.15, -0.1) is 0 Å². The molecule has 1 amide bonds. The molecule has 0 heterocycles. The van der Waals surface area contributed by atoms with Crippen LogP contribution in [0.1, 0.15) is 24.5 Å². The van der Waals surface area contributed by atoms with Crippen molar-refractivity contribution in [1.29, 1.82) is 0 Å². The Balaban J connectivity index is 1.94. The highest BCUT2D eigenvalue weighted by molar-refractivity contribution is 5.82. The zero-order valence-corrected chi connectivity index (χ0v) is 10.6. The lowest BCUT2D eigenvalue weighted by Crippen LogP contribution is -2.35. The minimum atomic E-state index is -0.583. The van der Waals surface area contributed by atoms with Crippen molar-refractivity contribution < 1.29 is 14.6 Å². The second-order valence-corrected chi connectivity index (χ2v) is 4.90. The Morgan fingerprint density at radius 2 is 2.11 bits per heavy atom. The van der Waals surface area contributed by atoms with Gasteiger partial charge in [-0.05, 0) is 18.4 Å². The third kappa shape index (κ3) is 2.89. The van der Waals surface area contributed by atoms with E-state index in [0.29, 0.717) is 6.54 Å². The van der Waals surface area contributed by atoms with Gasteiger partial charge in [-0.2, -0.15) is 0 Å². The van der Waals surface area contributed by atoms with Gasteiger partial charge < -0.3 is 15.2 Å². The molecule has 98 valence electrons. The van der Waals surface area contributed by atoms with E-state index in [2.05, 4.69) is 5.32 Å². The molecule has 4 heteroatoms. The zero-order valence-electron chi connectivity index (χ0n) is 10.6. The van der Waals surface area contributed by atoms with Gasteiger partial charge in [0.15, 0.2) is 6.10 Å². The van der Waals surface area contributed by atoms with Gasteiger partial charge in [-0.3, -0.25) is 4.79 Å². The first-order valence-corrected chi connectivity index (χ1v) is 6.17. The second kappa shape index (κ2) is 5.50. The Morgan fingerprint density at radius 3 is 2.61 bits per heavy atom. The number of amides is 1. The molecule has 18 heavy (non-hydrogen) atoms. The SMILES string of the molecule is CO[C@@H](C(=O)NCC1(CO)CC1)c1ccccc1. The molecule has 1 aliphatic rings. The quantitative estimate of drug-likeness (QED) is 0.798. The topological polar surface area (TPSA) is 58.6 Å². The van der Waals surface area contributed by atoms with Gasteiger partial charge >= 0.3 is 0 Å². The summed E-state index contributed by atoms with van der Waals surface area (Å²) >= 11 is 0. The Morgan fingerprint density at radius 1 is 1.44 bits per heavy atom. The van der Waals surface area contributed by atoms with Crippen molar-refractivity contribution in [3.63, 3.8) is 0 Å². The van der Waals surface area contributed by atoms with Gasteiger partial charge in [0.2, 0.25) is 0 Å². The Kier molecular flexibility index (Phi) is 3.99. The minimum absolute atomic E-state index is 0.0787. The molecule has 0 radical (unpaired) electrons. The van der Waals surface area contributed by atoms with Crippen molar-refractivity contribution >= 4 is 5.91 Å². The number of methoxy groups -OCH3 is 1. The maximum absolute atomic E-state index is 12.0. The van der Waals surface area contributed by atoms with Crippen molar-refractivity contribution in [3.8, 4) is 0 Å². The van der Waals surface area contributed by atoms with Crippen molar-refractivity contribution in [3.05, 3.63) is 35.9 Å². The van der Waals surface area contributed by atoms with Crippen molar-refractivity contribution in [2.45, 2.75) is 18.9 Å². The first-order chi connectivity index (χ1) is 8.71. The molecule has 1 fully saturated rings. The van der Waals surface area contributed by atoms with Crippen LogP contribution in [0.25, 0.3) is 0 Å². The van der Waals surface area contributed by atoms with Crippen LogP contribution in [0.3, 0.4) is 0 Å². The normalized spacial score (nSPS) is 18.1. The standard InChI is InChI=1S/C14H19NO3/c1-18-12(11-5-3-2-4-6-11)13(17)15-9-14(10-16)7-8-14/h2-6,12,16H,7-10H2,1H3,(H,15,17)/t12-/m1/s1. The summed E-state index contributed by atoms with van der Waals surface area (Å²) in [6.07, 6.45) is 1.38. The maximum Gasteiger partial charge on any atom is 0.253 e. The van der Waals surface area contributed by atoms with E-state index in [1.54, 1.807) is 0 Å². The van der Waals surface area contributed by atoms with E-state index >= 15 is 0 Å². The molecule has 2 rings (SSSR count). The van der Waals surface area contributed by atoms with Crippen LogP contribution in [0, 0.1) is 5.41 Å². The van der Waals surface area contributed by atoms with E-state index in [0.717, 1.165) is 18.4 Å². The van der Waals surface area contributed by atoms with E-state index in [4.69, 9.17) is 4.74 Å². The lowest BCUT2D eigenvalue weighted by atomic mass is 10.1.